The molecule has 0 aromatic heterocycles. The number of carbonyl (C=O) groups excluding carboxylic acids is 1. The number of carboxylic acids is 3. The molecule has 0 bridgehead atoms. The SMILES string of the molecule is CCCCC(NC)C(=O)O.O=CNC(CCC(=O)O)C(=O)O. The number of carbonyl (C=O) groups is 4. The van der Waals surface area contributed by atoms with Gasteiger partial charge >= 0.3 is 17.9 Å². The topological polar surface area (TPSA) is 153 Å². The third-order valence-corrected chi connectivity index (χ3v) is 2.71. The number of aliphatic carboxylic acids is 3. The van der Waals surface area contributed by atoms with Crippen molar-refractivity contribution in [2.75, 3.05) is 7.05 Å². The van der Waals surface area contributed by atoms with Gasteiger partial charge in [-0.05, 0) is 19.9 Å². The first-order valence-corrected chi connectivity index (χ1v) is 6.84. The lowest BCUT2D eigenvalue weighted by atomic mass is 10.1. The predicted molar refractivity (Wildman–Crippen MR) is 77.5 cm³/mol. The third-order valence-electron chi connectivity index (χ3n) is 2.71. The first-order valence-electron chi connectivity index (χ1n) is 6.84. The number of unbranched alkanes of at least 4 members (excludes halogenated alkanes) is 1. The maximum Gasteiger partial charge on any atom is 0.326 e. The highest BCUT2D eigenvalue weighted by Gasteiger charge is 2.16. The van der Waals surface area contributed by atoms with Crippen LogP contribution in [0.4, 0.5) is 0 Å². The van der Waals surface area contributed by atoms with Gasteiger partial charge in [-0.25, -0.2) is 4.79 Å². The molecule has 2 unspecified atom stereocenters. The Hall–Kier alpha value is -2.16. The molecule has 9 nitrogen and oxygen atoms in total. The summed E-state index contributed by atoms with van der Waals surface area (Å²) >= 11 is 0. The van der Waals surface area contributed by atoms with Crippen molar-refractivity contribution in [3.63, 3.8) is 0 Å². The van der Waals surface area contributed by atoms with Gasteiger partial charge in [0.25, 0.3) is 0 Å². The van der Waals surface area contributed by atoms with Crippen molar-refractivity contribution >= 4 is 24.3 Å². The minimum Gasteiger partial charge on any atom is -0.481 e. The highest BCUT2D eigenvalue weighted by atomic mass is 16.4. The van der Waals surface area contributed by atoms with Crippen LogP contribution in [0.1, 0.15) is 39.0 Å². The van der Waals surface area contributed by atoms with Gasteiger partial charge in [-0.3, -0.25) is 14.4 Å². The van der Waals surface area contributed by atoms with Gasteiger partial charge < -0.3 is 26.0 Å². The minimum atomic E-state index is -1.23. The van der Waals surface area contributed by atoms with Crippen LogP contribution in [0.3, 0.4) is 0 Å². The zero-order valence-electron chi connectivity index (χ0n) is 12.7. The number of hydrogen-bond acceptors (Lipinski definition) is 5. The Bertz CT molecular complexity index is 360. The lowest BCUT2D eigenvalue weighted by Gasteiger charge is -2.08. The normalized spacial score (nSPS) is 12.3. The largest absolute Gasteiger partial charge is 0.481 e. The Balaban J connectivity index is 0. The molecule has 0 aliphatic heterocycles. The lowest BCUT2D eigenvalue weighted by molar-refractivity contribution is -0.142. The number of hydrogen-bond donors (Lipinski definition) is 5. The average molecular weight is 320 g/mol. The summed E-state index contributed by atoms with van der Waals surface area (Å²) in [5, 5.41) is 29.9. The highest BCUT2D eigenvalue weighted by Crippen LogP contribution is 1.99. The molecule has 0 fully saturated rings. The molecule has 0 rings (SSSR count). The van der Waals surface area contributed by atoms with Crippen LogP contribution in [-0.2, 0) is 19.2 Å². The second-order valence-corrected chi connectivity index (χ2v) is 4.43. The second-order valence-electron chi connectivity index (χ2n) is 4.43. The standard InChI is InChI=1S/C7H15NO2.C6H9NO5/c1-3-4-5-6(8-2)7(9)10;8-3-7-4(6(11)12)1-2-5(9)10/h6,8H,3-5H2,1-2H3,(H,9,10);3-4H,1-2H2,(H,7,8)(H,9,10)(H,11,12). The van der Waals surface area contributed by atoms with E-state index >= 15 is 0 Å². The summed E-state index contributed by atoms with van der Waals surface area (Å²) in [6.07, 6.45) is 2.59. The van der Waals surface area contributed by atoms with Crippen LogP contribution in [-0.4, -0.2) is 58.8 Å². The Kier molecular flexibility index (Phi) is 13.9. The fourth-order valence-corrected chi connectivity index (χ4v) is 1.43. The van der Waals surface area contributed by atoms with Gasteiger partial charge in [0.1, 0.15) is 12.1 Å². The monoisotopic (exact) mass is 320 g/mol. The Morgan fingerprint density at radius 3 is 1.91 bits per heavy atom. The molecular formula is C13H24N2O7. The first kappa shape index (κ1) is 22.1. The van der Waals surface area contributed by atoms with E-state index in [-0.39, 0.29) is 25.3 Å². The first-order chi connectivity index (χ1) is 10.3. The van der Waals surface area contributed by atoms with E-state index in [1.165, 1.54) is 0 Å². The van der Waals surface area contributed by atoms with Crippen molar-refractivity contribution in [2.45, 2.75) is 51.1 Å². The van der Waals surface area contributed by atoms with Crippen LogP contribution in [0.5, 0.6) is 0 Å². The van der Waals surface area contributed by atoms with Gasteiger partial charge in [-0.15, -0.1) is 0 Å². The van der Waals surface area contributed by atoms with Crippen LogP contribution >= 0.6 is 0 Å². The zero-order valence-corrected chi connectivity index (χ0v) is 12.7. The summed E-state index contributed by atoms with van der Waals surface area (Å²) < 4.78 is 0. The van der Waals surface area contributed by atoms with E-state index in [4.69, 9.17) is 15.3 Å². The van der Waals surface area contributed by atoms with Gasteiger partial charge in [0.15, 0.2) is 0 Å². The summed E-state index contributed by atoms with van der Waals surface area (Å²) in [6.45, 7) is 2.05. The molecule has 0 saturated heterocycles. The molecule has 5 N–H and O–H groups in total. The molecule has 0 spiro atoms. The van der Waals surface area contributed by atoms with Crippen molar-refractivity contribution in [3.8, 4) is 0 Å². The average Bonchev–Trinajstić information content (AvgIpc) is 2.44. The number of nitrogens with one attached hydrogen (secondary N) is 2. The molecule has 22 heavy (non-hydrogen) atoms. The van der Waals surface area contributed by atoms with Gasteiger partial charge in [0.2, 0.25) is 6.41 Å². The van der Waals surface area contributed by atoms with Crippen molar-refractivity contribution in [3.05, 3.63) is 0 Å². The molecule has 0 heterocycles. The van der Waals surface area contributed by atoms with Crippen LogP contribution in [0.25, 0.3) is 0 Å². The minimum absolute atomic E-state index is 0.108. The Labute approximate surface area is 128 Å². The molecule has 0 aromatic carbocycles. The number of amides is 1. The summed E-state index contributed by atoms with van der Waals surface area (Å²) in [5.74, 6) is -3.08. The van der Waals surface area contributed by atoms with Crippen LogP contribution in [0, 0.1) is 0 Å². The predicted octanol–water partition coefficient (Wildman–Crippen LogP) is -0.100. The fraction of sp³-hybridized carbons (Fsp3) is 0.692. The van der Waals surface area contributed by atoms with Crippen LogP contribution in [0.2, 0.25) is 0 Å². The molecule has 0 radical (unpaired) electrons. The Morgan fingerprint density at radius 2 is 1.59 bits per heavy atom. The second kappa shape index (κ2) is 13.8. The van der Waals surface area contributed by atoms with Crippen LogP contribution < -0.4 is 10.6 Å². The number of rotatable bonds is 11. The maximum atomic E-state index is 10.4. The molecule has 128 valence electrons. The van der Waals surface area contributed by atoms with Gasteiger partial charge in [-0.1, -0.05) is 19.8 Å². The highest BCUT2D eigenvalue weighted by molar-refractivity contribution is 5.77. The van der Waals surface area contributed by atoms with E-state index in [1.54, 1.807) is 7.05 Å². The van der Waals surface area contributed by atoms with Gasteiger partial charge in [-0.2, -0.15) is 0 Å². The quantitative estimate of drug-likeness (QED) is 0.331. The van der Waals surface area contributed by atoms with E-state index in [0.29, 0.717) is 0 Å². The van der Waals surface area contributed by atoms with E-state index in [2.05, 4.69) is 12.2 Å². The molecule has 1 amide bonds. The maximum absolute atomic E-state index is 10.4. The summed E-state index contributed by atoms with van der Waals surface area (Å²) in [7, 11) is 1.68. The Morgan fingerprint density at radius 1 is 1.05 bits per heavy atom. The van der Waals surface area contributed by atoms with E-state index in [0.717, 1.165) is 19.3 Å². The molecule has 0 aromatic rings. The van der Waals surface area contributed by atoms with Crippen molar-refractivity contribution in [1.29, 1.82) is 0 Å². The molecule has 0 saturated carbocycles. The molecule has 0 aliphatic carbocycles. The van der Waals surface area contributed by atoms with Crippen molar-refractivity contribution < 1.29 is 34.5 Å². The fourth-order valence-electron chi connectivity index (χ4n) is 1.43. The molecule has 0 aliphatic rings. The lowest BCUT2D eigenvalue weighted by Crippen LogP contribution is -2.36. The van der Waals surface area contributed by atoms with E-state index < -0.39 is 23.9 Å². The van der Waals surface area contributed by atoms with Crippen LogP contribution in [0.15, 0.2) is 0 Å². The zero-order chi connectivity index (χ0) is 17.5. The van der Waals surface area contributed by atoms with Crippen molar-refractivity contribution in [1.82, 2.24) is 10.6 Å². The van der Waals surface area contributed by atoms with Gasteiger partial charge in [0.05, 0.1) is 0 Å². The number of carboxylic acid groups (broad SMARTS) is 3. The number of likely N-dealkylation sites (N-methyl/N-ethyl adjacent to an activating group) is 1. The van der Waals surface area contributed by atoms with Gasteiger partial charge in [0, 0.05) is 6.42 Å². The molecule has 2 atom stereocenters. The summed E-state index contributed by atoms with van der Waals surface area (Å²) in [4.78, 5) is 40.5. The summed E-state index contributed by atoms with van der Waals surface area (Å²) in [6, 6.07) is -1.47. The smallest absolute Gasteiger partial charge is 0.326 e. The molecular weight excluding hydrogens is 296 g/mol. The van der Waals surface area contributed by atoms with E-state index in [1.807, 2.05) is 5.32 Å². The summed E-state index contributed by atoms with van der Waals surface area (Å²) in [5.41, 5.74) is 0. The van der Waals surface area contributed by atoms with Crippen molar-refractivity contribution in [2.24, 2.45) is 0 Å². The van der Waals surface area contributed by atoms with E-state index in [9.17, 15) is 19.2 Å². The molecule has 9 heteroatoms. The third kappa shape index (κ3) is 12.9.